The van der Waals surface area contributed by atoms with Gasteiger partial charge in [0.15, 0.2) is 0 Å². The zero-order chi connectivity index (χ0) is 31.7. The SMILES string of the molecule is CC1(C)CC(=O)CC(C)(C)P1c1cc(Cc2ccccc2)c(Cc2ccccc2)cc1C(P)(c1ccccn1)c1ccccn1. The molecule has 5 heteroatoms. The van der Waals surface area contributed by atoms with E-state index in [0.29, 0.717) is 18.6 Å². The van der Waals surface area contributed by atoms with Crippen molar-refractivity contribution in [3.05, 3.63) is 161 Å². The van der Waals surface area contributed by atoms with Crippen molar-refractivity contribution in [2.75, 3.05) is 0 Å². The van der Waals surface area contributed by atoms with Gasteiger partial charge in [-0.15, -0.1) is 9.24 Å². The number of carbonyl (C=O) groups excluding carboxylic acids is 1. The van der Waals surface area contributed by atoms with Crippen molar-refractivity contribution >= 4 is 28.2 Å². The second kappa shape index (κ2) is 12.7. The van der Waals surface area contributed by atoms with Crippen molar-refractivity contribution in [1.82, 2.24) is 9.97 Å². The van der Waals surface area contributed by atoms with E-state index in [1.54, 1.807) is 0 Å². The highest BCUT2D eigenvalue weighted by Gasteiger charge is 2.50. The number of ketones is 1. The maximum absolute atomic E-state index is 13.1. The van der Waals surface area contributed by atoms with Gasteiger partial charge >= 0.3 is 0 Å². The highest BCUT2D eigenvalue weighted by atomic mass is 31.1. The molecule has 0 radical (unpaired) electrons. The van der Waals surface area contributed by atoms with Gasteiger partial charge in [-0.1, -0.05) is 121 Å². The van der Waals surface area contributed by atoms with Crippen molar-refractivity contribution in [3.63, 3.8) is 0 Å². The molecule has 45 heavy (non-hydrogen) atoms. The Hall–Kier alpha value is -3.51. The molecule has 3 nitrogen and oxygen atoms in total. The van der Waals surface area contributed by atoms with Crippen molar-refractivity contribution in [2.24, 2.45) is 0 Å². The minimum Gasteiger partial charge on any atom is -0.300 e. The minimum atomic E-state index is -0.798. The molecule has 5 aromatic rings. The average Bonchev–Trinajstić information content (AvgIpc) is 3.02. The number of pyridine rings is 2. The van der Waals surface area contributed by atoms with E-state index in [9.17, 15) is 4.79 Å². The van der Waals surface area contributed by atoms with Crippen LogP contribution in [0.4, 0.5) is 0 Å². The largest absolute Gasteiger partial charge is 0.300 e. The maximum Gasteiger partial charge on any atom is 0.134 e. The molecule has 1 aliphatic rings. The Labute approximate surface area is 271 Å². The van der Waals surface area contributed by atoms with E-state index in [2.05, 4.69) is 134 Å². The zero-order valence-corrected chi connectivity index (χ0v) is 28.8. The molecule has 1 fully saturated rings. The Morgan fingerprint density at radius 3 is 1.56 bits per heavy atom. The van der Waals surface area contributed by atoms with Crippen molar-refractivity contribution < 1.29 is 4.79 Å². The van der Waals surface area contributed by atoms with Gasteiger partial charge in [-0.05, 0) is 80.5 Å². The maximum atomic E-state index is 13.1. The predicted octanol–water partition coefficient (Wildman–Crippen LogP) is 8.85. The Morgan fingerprint density at radius 1 is 0.667 bits per heavy atom. The molecule has 2 aromatic heterocycles. The van der Waals surface area contributed by atoms with Crippen molar-refractivity contribution in [1.29, 1.82) is 0 Å². The summed E-state index contributed by atoms with van der Waals surface area (Å²) in [6.07, 6.45) is 6.62. The molecule has 0 amide bonds. The molecule has 228 valence electrons. The average molecular weight is 629 g/mol. The van der Waals surface area contributed by atoms with Gasteiger partial charge < -0.3 is 0 Å². The normalized spacial score (nSPS) is 16.4. The number of hydrogen-bond acceptors (Lipinski definition) is 3. The van der Waals surface area contributed by atoms with E-state index >= 15 is 0 Å². The van der Waals surface area contributed by atoms with Gasteiger partial charge in [0.25, 0.3) is 0 Å². The molecule has 6 rings (SSSR count). The van der Waals surface area contributed by atoms with Crippen LogP contribution in [-0.2, 0) is 22.8 Å². The lowest BCUT2D eigenvalue weighted by molar-refractivity contribution is -0.120. The van der Waals surface area contributed by atoms with Crippen LogP contribution in [0.15, 0.2) is 122 Å². The number of aromatic nitrogens is 2. The zero-order valence-electron chi connectivity index (χ0n) is 26.7. The monoisotopic (exact) mass is 628 g/mol. The van der Waals surface area contributed by atoms with Crippen molar-refractivity contribution in [3.8, 4) is 0 Å². The number of rotatable bonds is 8. The summed E-state index contributed by atoms with van der Waals surface area (Å²) in [6, 6.07) is 38.8. The molecular formula is C40H42N2OP2. The summed E-state index contributed by atoms with van der Waals surface area (Å²) in [5.74, 6) is 0.363. The second-order valence-electron chi connectivity index (χ2n) is 13.6. The van der Waals surface area contributed by atoms with Gasteiger partial charge in [0.05, 0.1) is 16.5 Å². The van der Waals surface area contributed by atoms with Gasteiger partial charge in [0.1, 0.15) is 5.78 Å². The molecule has 0 spiro atoms. The summed E-state index contributed by atoms with van der Waals surface area (Å²) in [5, 5.41) is 0.313. The number of nitrogens with zero attached hydrogens (tertiary/aromatic N) is 2. The quantitative estimate of drug-likeness (QED) is 0.161. The molecule has 0 bridgehead atoms. The number of carbonyl (C=O) groups is 1. The summed E-state index contributed by atoms with van der Waals surface area (Å²) in [4.78, 5) is 23.1. The number of Topliss-reactive ketones (excluding diaryl/α,β-unsaturated/α-hetero) is 1. The van der Waals surface area contributed by atoms with E-state index in [0.717, 1.165) is 24.2 Å². The summed E-state index contributed by atoms with van der Waals surface area (Å²) in [6.45, 7) is 9.23. The van der Waals surface area contributed by atoms with Gasteiger partial charge in [-0.2, -0.15) is 0 Å². The third-order valence-electron chi connectivity index (χ3n) is 9.07. The number of hydrogen-bond donors (Lipinski definition) is 0. The molecule has 0 N–H and O–H groups in total. The molecule has 0 saturated carbocycles. The fraction of sp³-hybridized carbons (Fsp3) is 0.275. The number of benzene rings is 3. The third kappa shape index (κ3) is 6.44. The first-order valence-corrected chi connectivity index (χ1v) is 17.7. The van der Waals surface area contributed by atoms with Gasteiger partial charge in [0, 0.05) is 25.2 Å². The Balaban J connectivity index is 1.69. The van der Waals surface area contributed by atoms with Crippen LogP contribution in [0.25, 0.3) is 0 Å². The first-order valence-electron chi connectivity index (χ1n) is 15.8. The van der Waals surface area contributed by atoms with Crippen molar-refractivity contribution in [2.45, 2.75) is 68.8 Å². The molecule has 1 unspecified atom stereocenters. The fourth-order valence-electron chi connectivity index (χ4n) is 7.39. The van der Waals surface area contributed by atoms with E-state index in [4.69, 9.17) is 9.97 Å². The fourth-order valence-corrected chi connectivity index (χ4v) is 12.5. The van der Waals surface area contributed by atoms with E-state index in [1.807, 2.05) is 24.5 Å². The standard InChI is InChI=1S/C40H42N2OP2/c1-38(2)27-33(43)28-39(3,4)45(38)35-26-32(24-30-17-9-6-10-18-30)31(23-29-15-7-5-8-16-29)25-34(35)40(44,36-19-11-13-21-41-36)37-20-12-14-22-42-37/h5-22,25-26H,23-24,27-28,44H2,1-4H3. The molecule has 1 aliphatic heterocycles. The first-order chi connectivity index (χ1) is 21.6. The Bertz CT molecular complexity index is 1710. The Morgan fingerprint density at radius 2 is 1.11 bits per heavy atom. The molecular weight excluding hydrogens is 586 g/mol. The topological polar surface area (TPSA) is 42.9 Å². The van der Waals surface area contributed by atoms with Crippen LogP contribution in [0.2, 0.25) is 0 Å². The van der Waals surface area contributed by atoms with Crippen LogP contribution in [0.1, 0.15) is 79.7 Å². The lowest BCUT2D eigenvalue weighted by Crippen LogP contribution is -2.45. The predicted molar refractivity (Wildman–Crippen MR) is 192 cm³/mol. The Kier molecular flexibility index (Phi) is 8.89. The smallest absolute Gasteiger partial charge is 0.134 e. The third-order valence-corrected chi connectivity index (χ3v) is 13.6. The van der Waals surface area contributed by atoms with Crippen LogP contribution >= 0.6 is 17.2 Å². The van der Waals surface area contributed by atoms with E-state index in [-0.39, 0.29) is 10.3 Å². The van der Waals surface area contributed by atoms with Crippen LogP contribution in [0.5, 0.6) is 0 Å². The van der Waals surface area contributed by atoms with Crippen LogP contribution in [-0.4, -0.2) is 26.1 Å². The first kappa shape index (κ1) is 31.5. The highest BCUT2D eigenvalue weighted by Crippen LogP contribution is 2.65. The lowest BCUT2D eigenvalue weighted by Gasteiger charge is -2.51. The highest BCUT2D eigenvalue weighted by molar-refractivity contribution is 7.69. The van der Waals surface area contributed by atoms with Crippen LogP contribution < -0.4 is 5.30 Å². The van der Waals surface area contributed by atoms with Crippen LogP contribution in [0, 0.1) is 0 Å². The summed E-state index contributed by atoms with van der Waals surface area (Å²) in [7, 11) is 2.41. The molecule has 3 aromatic carbocycles. The summed E-state index contributed by atoms with van der Waals surface area (Å²) < 4.78 is 0. The molecule has 1 saturated heterocycles. The van der Waals surface area contributed by atoms with Gasteiger partial charge in [0.2, 0.25) is 0 Å². The summed E-state index contributed by atoms with van der Waals surface area (Å²) in [5.41, 5.74) is 8.32. The molecule has 1 atom stereocenters. The van der Waals surface area contributed by atoms with E-state index < -0.39 is 13.1 Å². The van der Waals surface area contributed by atoms with Gasteiger partial charge in [-0.25, -0.2) is 0 Å². The second-order valence-corrected chi connectivity index (χ2v) is 18.0. The summed E-state index contributed by atoms with van der Waals surface area (Å²) >= 11 is 0. The molecule has 0 aliphatic carbocycles. The van der Waals surface area contributed by atoms with E-state index in [1.165, 1.54) is 33.1 Å². The lowest BCUT2D eigenvalue weighted by atomic mass is 9.85. The molecule has 3 heterocycles. The van der Waals surface area contributed by atoms with Crippen LogP contribution in [0.3, 0.4) is 0 Å². The minimum absolute atomic E-state index is 0.173. The van der Waals surface area contributed by atoms with Gasteiger partial charge in [-0.3, -0.25) is 14.8 Å².